The van der Waals surface area contributed by atoms with Crippen LogP contribution in [0.2, 0.25) is 5.02 Å². The van der Waals surface area contributed by atoms with Gasteiger partial charge in [-0.15, -0.1) is 0 Å². The fraction of sp³-hybridized carbons (Fsp3) is 0.107. The first-order valence-electron chi connectivity index (χ1n) is 11.6. The molecule has 4 aromatic rings. The van der Waals surface area contributed by atoms with Crippen LogP contribution < -0.4 is 19.5 Å². The maximum Gasteiger partial charge on any atom is 0.262 e. The summed E-state index contributed by atoms with van der Waals surface area (Å²) < 4.78 is 39.0. The van der Waals surface area contributed by atoms with E-state index in [1.54, 1.807) is 24.3 Å². The van der Waals surface area contributed by atoms with Gasteiger partial charge in [-0.25, -0.2) is 8.42 Å². The molecule has 1 amide bonds. The van der Waals surface area contributed by atoms with Crippen LogP contribution in [0.4, 0.5) is 11.4 Å². The van der Waals surface area contributed by atoms with Crippen LogP contribution in [0.3, 0.4) is 0 Å². The molecule has 0 radical (unpaired) electrons. The maximum atomic E-state index is 12.8. The fourth-order valence-corrected chi connectivity index (χ4v) is 5.68. The van der Waals surface area contributed by atoms with Gasteiger partial charge in [0.25, 0.3) is 15.9 Å². The predicted octanol–water partition coefficient (Wildman–Crippen LogP) is 6.71. The minimum Gasteiger partial charge on any atom is -0.494 e. The summed E-state index contributed by atoms with van der Waals surface area (Å²) in [6, 6.07) is 27.9. The Kier molecular flexibility index (Phi) is 9.17. The first-order chi connectivity index (χ1) is 18.3. The minimum atomic E-state index is -3.89. The molecule has 0 aromatic heterocycles. The van der Waals surface area contributed by atoms with Crippen LogP contribution in [-0.4, -0.2) is 27.5 Å². The molecular formula is C28H25ClN2O5S2. The SMILES string of the molecule is CCOc1ccc(NS(=O)(=O)c2ccc(OCC(=O)Nc3ccccc3Sc3ccccc3)c(Cl)c2)cc1. The molecule has 0 unspecified atom stereocenters. The van der Waals surface area contributed by atoms with Crippen LogP contribution in [-0.2, 0) is 14.8 Å². The van der Waals surface area contributed by atoms with E-state index in [0.717, 1.165) is 9.79 Å². The van der Waals surface area contributed by atoms with Crippen molar-refractivity contribution in [2.75, 3.05) is 23.3 Å². The Bertz CT molecular complexity index is 1500. The van der Waals surface area contributed by atoms with Gasteiger partial charge in [-0.3, -0.25) is 9.52 Å². The van der Waals surface area contributed by atoms with E-state index < -0.39 is 10.0 Å². The summed E-state index contributed by atoms with van der Waals surface area (Å²) in [7, 11) is -3.89. The molecular weight excluding hydrogens is 544 g/mol. The Morgan fingerprint density at radius 3 is 2.32 bits per heavy atom. The Labute approximate surface area is 231 Å². The monoisotopic (exact) mass is 568 g/mol. The summed E-state index contributed by atoms with van der Waals surface area (Å²) in [4.78, 5) is 14.5. The number of nitrogens with one attached hydrogen (secondary N) is 2. The lowest BCUT2D eigenvalue weighted by atomic mass is 10.3. The van der Waals surface area contributed by atoms with E-state index in [-0.39, 0.29) is 28.2 Å². The highest BCUT2D eigenvalue weighted by Gasteiger charge is 2.17. The Balaban J connectivity index is 1.37. The number of rotatable bonds is 11. The molecule has 0 saturated carbocycles. The molecule has 0 fully saturated rings. The van der Waals surface area contributed by atoms with Crippen molar-refractivity contribution in [2.45, 2.75) is 21.6 Å². The van der Waals surface area contributed by atoms with E-state index >= 15 is 0 Å². The number of para-hydroxylation sites is 1. The summed E-state index contributed by atoms with van der Waals surface area (Å²) >= 11 is 7.82. The molecule has 0 bridgehead atoms. The molecule has 38 heavy (non-hydrogen) atoms. The number of carbonyl (C=O) groups excluding carboxylic acids is 1. The third-order valence-corrected chi connectivity index (χ3v) is 7.88. The first-order valence-corrected chi connectivity index (χ1v) is 14.3. The largest absolute Gasteiger partial charge is 0.494 e. The van der Waals surface area contributed by atoms with Gasteiger partial charge in [-0.1, -0.05) is 53.7 Å². The smallest absolute Gasteiger partial charge is 0.262 e. The Hall–Kier alpha value is -3.66. The summed E-state index contributed by atoms with van der Waals surface area (Å²) in [5.41, 5.74) is 1.04. The Morgan fingerprint density at radius 2 is 1.61 bits per heavy atom. The molecule has 4 aromatic carbocycles. The van der Waals surface area contributed by atoms with Crippen LogP contribution in [0.5, 0.6) is 11.5 Å². The van der Waals surface area contributed by atoms with Gasteiger partial charge < -0.3 is 14.8 Å². The molecule has 2 N–H and O–H groups in total. The Morgan fingerprint density at radius 1 is 0.895 bits per heavy atom. The van der Waals surface area contributed by atoms with E-state index in [0.29, 0.717) is 23.7 Å². The zero-order valence-electron chi connectivity index (χ0n) is 20.4. The van der Waals surface area contributed by atoms with Crippen LogP contribution in [0.25, 0.3) is 0 Å². The second-order valence-corrected chi connectivity index (χ2v) is 11.1. The molecule has 10 heteroatoms. The fourth-order valence-electron chi connectivity index (χ4n) is 3.37. The van der Waals surface area contributed by atoms with Gasteiger partial charge in [0.1, 0.15) is 11.5 Å². The number of anilines is 2. The van der Waals surface area contributed by atoms with E-state index in [2.05, 4.69) is 10.0 Å². The standard InChI is InChI=1S/C28H25ClN2O5S2/c1-2-35-21-14-12-20(13-15-21)31-38(33,34)23-16-17-26(24(29)18-23)36-19-28(32)30-25-10-6-7-11-27(25)37-22-8-4-3-5-9-22/h3-18,31H,2,19H2,1H3,(H,30,32). The van der Waals surface area contributed by atoms with Crippen LogP contribution >= 0.6 is 23.4 Å². The topological polar surface area (TPSA) is 93.7 Å². The molecule has 0 aliphatic heterocycles. The van der Waals surface area contributed by atoms with Crippen molar-refractivity contribution in [1.82, 2.24) is 0 Å². The van der Waals surface area contributed by atoms with E-state index in [9.17, 15) is 13.2 Å². The molecule has 0 aliphatic carbocycles. The molecule has 0 saturated heterocycles. The van der Waals surface area contributed by atoms with Gasteiger partial charge >= 0.3 is 0 Å². The van der Waals surface area contributed by atoms with Crippen LogP contribution in [0.15, 0.2) is 112 Å². The number of sulfonamides is 1. The second kappa shape index (κ2) is 12.7. The van der Waals surface area contributed by atoms with Crippen molar-refractivity contribution in [3.63, 3.8) is 0 Å². The number of halogens is 1. The summed E-state index contributed by atoms with van der Waals surface area (Å²) in [5, 5.41) is 2.91. The molecule has 4 rings (SSSR count). The van der Waals surface area contributed by atoms with Crippen molar-refractivity contribution in [1.29, 1.82) is 0 Å². The third kappa shape index (κ3) is 7.44. The third-order valence-electron chi connectivity index (χ3n) is 5.12. The summed E-state index contributed by atoms with van der Waals surface area (Å²) in [6.45, 7) is 2.08. The number of benzene rings is 4. The minimum absolute atomic E-state index is 0.0416. The zero-order valence-corrected chi connectivity index (χ0v) is 22.8. The summed E-state index contributed by atoms with van der Waals surface area (Å²) in [5.74, 6) is 0.451. The van der Waals surface area contributed by atoms with Crippen molar-refractivity contribution < 1.29 is 22.7 Å². The number of carbonyl (C=O) groups is 1. The van der Waals surface area contributed by atoms with Gasteiger partial charge in [0, 0.05) is 15.5 Å². The molecule has 0 heterocycles. The van der Waals surface area contributed by atoms with Gasteiger partial charge in [0.2, 0.25) is 0 Å². The van der Waals surface area contributed by atoms with E-state index in [1.807, 2.05) is 61.5 Å². The van der Waals surface area contributed by atoms with Gasteiger partial charge in [-0.05, 0) is 73.7 Å². The summed E-state index contributed by atoms with van der Waals surface area (Å²) in [6.07, 6.45) is 0. The number of hydrogen-bond donors (Lipinski definition) is 2. The van der Waals surface area contributed by atoms with Gasteiger partial charge in [0.05, 0.1) is 22.2 Å². The molecule has 0 spiro atoms. The van der Waals surface area contributed by atoms with Crippen molar-refractivity contribution in [2.24, 2.45) is 0 Å². The molecule has 7 nitrogen and oxygen atoms in total. The number of amides is 1. The maximum absolute atomic E-state index is 12.8. The lowest BCUT2D eigenvalue weighted by Crippen LogP contribution is -2.20. The first kappa shape index (κ1) is 27.4. The lowest BCUT2D eigenvalue weighted by molar-refractivity contribution is -0.118. The normalized spacial score (nSPS) is 11.0. The van der Waals surface area contributed by atoms with Crippen molar-refractivity contribution in [3.05, 3.63) is 102 Å². The van der Waals surface area contributed by atoms with Crippen LogP contribution in [0, 0.1) is 0 Å². The van der Waals surface area contributed by atoms with Crippen molar-refractivity contribution >= 4 is 50.7 Å². The van der Waals surface area contributed by atoms with Gasteiger partial charge in [0.15, 0.2) is 6.61 Å². The van der Waals surface area contributed by atoms with Crippen molar-refractivity contribution in [3.8, 4) is 11.5 Å². The highest BCUT2D eigenvalue weighted by molar-refractivity contribution is 7.99. The average Bonchev–Trinajstić information content (AvgIpc) is 2.91. The molecule has 0 atom stereocenters. The van der Waals surface area contributed by atoms with Gasteiger partial charge in [-0.2, -0.15) is 0 Å². The lowest BCUT2D eigenvalue weighted by Gasteiger charge is -2.13. The quantitative estimate of drug-likeness (QED) is 0.209. The number of ether oxygens (including phenoxy) is 2. The highest BCUT2D eigenvalue weighted by atomic mass is 35.5. The highest BCUT2D eigenvalue weighted by Crippen LogP contribution is 2.33. The predicted molar refractivity (Wildman–Crippen MR) is 151 cm³/mol. The second-order valence-electron chi connectivity index (χ2n) is 7.90. The zero-order chi connectivity index (χ0) is 27.0. The van der Waals surface area contributed by atoms with Crippen LogP contribution in [0.1, 0.15) is 6.92 Å². The number of hydrogen-bond acceptors (Lipinski definition) is 6. The van der Waals surface area contributed by atoms with E-state index in [4.69, 9.17) is 21.1 Å². The van der Waals surface area contributed by atoms with E-state index in [1.165, 1.54) is 30.0 Å². The molecule has 0 aliphatic rings. The average molecular weight is 569 g/mol. The molecule has 196 valence electrons.